The van der Waals surface area contributed by atoms with Gasteiger partial charge in [-0.25, -0.2) is 9.78 Å². The lowest BCUT2D eigenvalue weighted by Gasteiger charge is -2.43. The van der Waals surface area contributed by atoms with Gasteiger partial charge in [-0.05, 0) is 89.3 Å². The topological polar surface area (TPSA) is 95.7 Å². The van der Waals surface area contributed by atoms with Crippen molar-refractivity contribution in [2.45, 2.75) is 102 Å². The average Bonchev–Trinajstić information content (AvgIpc) is 2.78. The van der Waals surface area contributed by atoms with E-state index in [0.717, 1.165) is 44.8 Å². The van der Waals surface area contributed by atoms with Crippen molar-refractivity contribution in [1.82, 2.24) is 26.6 Å². The molecule has 0 spiro atoms. The highest BCUT2D eigenvalue weighted by atomic mass is 17.2. The molecule has 31 heavy (non-hydrogen) atoms. The molecule has 1 aliphatic carbocycles. The number of carbonyl (C=O) groups is 1. The van der Waals surface area contributed by atoms with Crippen LogP contribution in [0, 0.1) is 17.8 Å². The molecule has 3 aliphatic heterocycles. The van der Waals surface area contributed by atoms with Crippen molar-refractivity contribution in [3.05, 3.63) is 0 Å². The summed E-state index contributed by atoms with van der Waals surface area (Å²) in [7, 11) is 0. The van der Waals surface area contributed by atoms with Crippen LogP contribution in [0.1, 0.15) is 65.7 Å². The summed E-state index contributed by atoms with van der Waals surface area (Å²) in [4.78, 5) is 23.4. The lowest BCUT2D eigenvalue weighted by atomic mass is 9.82. The van der Waals surface area contributed by atoms with Gasteiger partial charge in [-0.2, -0.15) is 0 Å². The van der Waals surface area contributed by atoms with Crippen molar-refractivity contribution in [1.29, 1.82) is 0 Å². The SMILES string of the molecule is CC1CCC(NC(=O)C2CC(C)C(C)OO2)CC1NC1NCCC(C2CCCNC2)N1. The van der Waals surface area contributed by atoms with Gasteiger partial charge in [0.15, 0.2) is 6.10 Å². The van der Waals surface area contributed by atoms with E-state index in [0.29, 0.717) is 30.3 Å². The third-order valence-corrected chi connectivity index (χ3v) is 8.01. The Morgan fingerprint density at radius 2 is 1.84 bits per heavy atom. The molecule has 3 heterocycles. The van der Waals surface area contributed by atoms with E-state index in [4.69, 9.17) is 9.78 Å². The van der Waals surface area contributed by atoms with E-state index in [-0.39, 0.29) is 24.3 Å². The molecule has 3 saturated heterocycles. The molecule has 1 saturated carbocycles. The van der Waals surface area contributed by atoms with Gasteiger partial charge in [0.05, 0.1) is 6.10 Å². The fourth-order valence-corrected chi connectivity index (χ4v) is 5.60. The molecule has 8 heteroatoms. The summed E-state index contributed by atoms with van der Waals surface area (Å²) >= 11 is 0. The number of carbonyl (C=O) groups excluding carboxylic acids is 1. The van der Waals surface area contributed by atoms with Crippen LogP contribution in [-0.4, -0.2) is 62.2 Å². The van der Waals surface area contributed by atoms with Gasteiger partial charge in [0.2, 0.25) is 0 Å². The van der Waals surface area contributed by atoms with Crippen molar-refractivity contribution >= 4 is 5.91 Å². The highest BCUT2D eigenvalue weighted by Gasteiger charge is 2.36. The van der Waals surface area contributed by atoms with Crippen molar-refractivity contribution in [3.63, 3.8) is 0 Å². The first-order chi connectivity index (χ1) is 15.0. The van der Waals surface area contributed by atoms with Crippen LogP contribution < -0.4 is 26.6 Å². The summed E-state index contributed by atoms with van der Waals surface area (Å²) in [6.07, 6.45) is 7.25. The van der Waals surface area contributed by atoms with E-state index in [1.807, 2.05) is 6.92 Å². The largest absolute Gasteiger partial charge is 0.351 e. The standard InChI is InChI=1S/C23H43N5O3/c1-14-6-7-18(26-22(29)21-11-15(2)16(3)30-31-21)12-20(14)28-23-25-10-8-19(27-23)17-5-4-9-24-13-17/h14-21,23-25,27-28H,4-13H2,1-3H3,(H,26,29). The van der Waals surface area contributed by atoms with Crippen LogP contribution >= 0.6 is 0 Å². The molecule has 8 nitrogen and oxygen atoms in total. The van der Waals surface area contributed by atoms with Crippen molar-refractivity contribution < 1.29 is 14.6 Å². The normalized spacial score (nSPS) is 44.5. The zero-order valence-corrected chi connectivity index (χ0v) is 19.5. The summed E-state index contributed by atoms with van der Waals surface area (Å²) < 4.78 is 0. The van der Waals surface area contributed by atoms with Gasteiger partial charge in [0.1, 0.15) is 6.29 Å². The molecule has 4 fully saturated rings. The van der Waals surface area contributed by atoms with Crippen LogP contribution in [0.25, 0.3) is 0 Å². The molecule has 0 aromatic heterocycles. The average molecular weight is 438 g/mol. The van der Waals surface area contributed by atoms with E-state index < -0.39 is 6.10 Å². The van der Waals surface area contributed by atoms with E-state index in [2.05, 4.69) is 40.4 Å². The molecule has 4 aliphatic rings. The van der Waals surface area contributed by atoms with Gasteiger partial charge in [-0.1, -0.05) is 13.8 Å². The van der Waals surface area contributed by atoms with Gasteiger partial charge < -0.3 is 10.6 Å². The van der Waals surface area contributed by atoms with Crippen LogP contribution in [0.4, 0.5) is 0 Å². The maximum Gasteiger partial charge on any atom is 0.252 e. The molecule has 178 valence electrons. The summed E-state index contributed by atoms with van der Waals surface area (Å²) in [5, 5.41) is 18.0. The lowest BCUT2D eigenvalue weighted by Crippen LogP contribution is -2.66. The number of piperidine rings is 1. The maximum atomic E-state index is 12.7. The second-order valence-electron chi connectivity index (χ2n) is 10.4. The molecule has 0 aromatic carbocycles. The third-order valence-electron chi connectivity index (χ3n) is 8.01. The summed E-state index contributed by atoms with van der Waals surface area (Å²) in [6, 6.07) is 1.12. The highest BCUT2D eigenvalue weighted by Crippen LogP contribution is 2.27. The first-order valence-corrected chi connectivity index (χ1v) is 12.6. The fraction of sp³-hybridized carbons (Fsp3) is 0.957. The van der Waals surface area contributed by atoms with Gasteiger partial charge in [0, 0.05) is 18.1 Å². The van der Waals surface area contributed by atoms with Gasteiger partial charge in [0.25, 0.3) is 5.91 Å². The smallest absolute Gasteiger partial charge is 0.252 e. The minimum atomic E-state index is -0.497. The Bertz CT molecular complexity index is 588. The van der Waals surface area contributed by atoms with Crippen LogP contribution in [0.3, 0.4) is 0 Å². The molecule has 1 amide bonds. The molecule has 4 rings (SSSR count). The number of amides is 1. The van der Waals surface area contributed by atoms with E-state index in [1.165, 1.54) is 19.3 Å². The van der Waals surface area contributed by atoms with Gasteiger partial charge in [-0.15, -0.1) is 0 Å². The predicted molar refractivity (Wildman–Crippen MR) is 120 cm³/mol. The van der Waals surface area contributed by atoms with Crippen molar-refractivity contribution in [2.24, 2.45) is 17.8 Å². The minimum Gasteiger partial charge on any atom is -0.351 e. The first-order valence-electron chi connectivity index (χ1n) is 12.6. The van der Waals surface area contributed by atoms with Crippen LogP contribution in [0.5, 0.6) is 0 Å². The zero-order chi connectivity index (χ0) is 21.8. The Hall–Kier alpha value is -0.770. The quantitative estimate of drug-likeness (QED) is 0.413. The predicted octanol–water partition coefficient (Wildman–Crippen LogP) is 1.23. The van der Waals surface area contributed by atoms with Crippen LogP contribution in [0.15, 0.2) is 0 Å². The van der Waals surface area contributed by atoms with Crippen molar-refractivity contribution in [2.75, 3.05) is 19.6 Å². The number of hydrogen-bond acceptors (Lipinski definition) is 7. The molecule has 9 unspecified atom stereocenters. The third kappa shape index (κ3) is 6.18. The minimum absolute atomic E-state index is 0.0316. The molecule has 9 atom stereocenters. The van der Waals surface area contributed by atoms with Gasteiger partial charge in [-0.3, -0.25) is 20.7 Å². The monoisotopic (exact) mass is 437 g/mol. The van der Waals surface area contributed by atoms with Crippen LogP contribution in [0.2, 0.25) is 0 Å². The van der Waals surface area contributed by atoms with Crippen LogP contribution in [-0.2, 0) is 14.6 Å². The Morgan fingerprint density at radius 1 is 0.968 bits per heavy atom. The number of rotatable bonds is 5. The Balaban J connectivity index is 1.26. The maximum absolute atomic E-state index is 12.7. The Morgan fingerprint density at radius 3 is 2.61 bits per heavy atom. The second kappa shape index (κ2) is 10.9. The second-order valence-corrected chi connectivity index (χ2v) is 10.4. The molecule has 0 bridgehead atoms. The first kappa shape index (κ1) is 23.4. The lowest BCUT2D eigenvalue weighted by molar-refractivity contribution is -0.372. The van der Waals surface area contributed by atoms with E-state index in [9.17, 15) is 4.79 Å². The molecular weight excluding hydrogens is 394 g/mol. The van der Waals surface area contributed by atoms with Crippen molar-refractivity contribution in [3.8, 4) is 0 Å². The molecule has 0 radical (unpaired) electrons. The van der Waals surface area contributed by atoms with Gasteiger partial charge >= 0.3 is 0 Å². The van der Waals surface area contributed by atoms with E-state index >= 15 is 0 Å². The Kier molecular flexibility index (Phi) is 8.22. The Labute approximate surface area is 187 Å². The molecule has 0 aromatic rings. The zero-order valence-electron chi connectivity index (χ0n) is 19.5. The molecule has 5 N–H and O–H groups in total. The highest BCUT2D eigenvalue weighted by molar-refractivity contribution is 5.81. The number of hydrogen-bond donors (Lipinski definition) is 5. The molecular formula is C23H43N5O3. The van der Waals surface area contributed by atoms with E-state index in [1.54, 1.807) is 0 Å². The summed E-state index contributed by atoms with van der Waals surface area (Å²) in [5.41, 5.74) is 0. The fourth-order valence-electron chi connectivity index (χ4n) is 5.60. The summed E-state index contributed by atoms with van der Waals surface area (Å²) in [6.45, 7) is 9.75. The number of nitrogens with one attached hydrogen (secondary N) is 5. The summed E-state index contributed by atoms with van der Waals surface area (Å²) in [5.74, 6) is 1.60.